The molecule has 2 saturated heterocycles. The quantitative estimate of drug-likeness (QED) is 0.746. The molecular formula is C18H30N6O2. The zero-order valence-electron chi connectivity index (χ0n) is 16.3. The van der Waals surface area contributed by atoms with Gasteiger partial charge in [0.25, 0.3) is 0 Å². The molecular weight excluding hydrogens is 332 g/mol. The third kappa shape index (κ3) is 4.62. The van der Waals surface area contributed by atoms with Gasteiger partial charge < -0.3 is 19.4 Å². The Bertz CT molecular complexity index is 617. The van der Waals surface area contributed by atoms with Crippen LogP contribution in [-0.4, -0.2) is 97.8 Å². The maximum atomic E-state index is 11.9. The van der Waals surface area contributed by atoms with E-state index in [1.807, 2.05) is 18.0 Å². The van der Waals surface area contributed by atoms with E-state index in [0.29, 0.717) is 6.54 Å². The van der Waals surface area contributed by atoms with Gasteiger partial charge in [0, 0.05) is 59.4 Å². The van der Waals surface area contributed by atoms with Crippen molar-refractivity contribution >= 4 is 17.5 Å². The van der Waals surface area contributed by atoms with Crippen molar-refractivity contribution in [3.63, 3.8) is 0 Å². The van der Waals surface area contributed by atoms with E-state index in [2.05, 4.69) is 40.7 Å². The summed E-state index contributed by atoms with van der Waals surface area (Å²) in [6, 6.07) is 1.98. The first-order valence-electron chi connectivity index (χ1n) is 9.32. The summed E-state index contributed by atoms with van der Waals surface area (Å²) in [6.45, 7) is 9.94. The van der Waals surface area contributed by atoms with E-state index in [0.717, 1.165) is 50.9 Å². The Morgan fingerprint density at radius 2 is 1.96 bits per heavy atom. The molecule has 144 valence electrons. The van der Waals surface area contributed by atoms with Crippen LogP contribution in [0.5, 0.6) is 0 Å². The van der Waals surface area contributed by atoms with Crippen molar-refractivity contribution in [1.82, 2.24) is 19.8 Å². The summed E-state index contributed by atoms with van der Waals surface area (Å²) in [5, 5.41) is 0. The monoisotopic (exact) mass is 362 g/mol. The fraction of sp³-hybridized carbons (Fsp3) is 0.722. The molecule has 0 N–H and O–H groups in total. The van der Waals surface area contributed by atoms with Gasteiger partial charge in [-0.25, -0.2) is 9.97 Å². The number of carbonyl (C=O) groups is 1. The summed E-state index contributed by atoms with van der Waals surface area (Å²) >= 11 is 0. The lowest BCUT2D eigenvalue weighted by atomic mass is 10.2. The van der Waals surface area contributed by atoms with Crippen LogP contribution in [0.25, 0.3) is 0 Å². The molecule has 0 radical (unpaired) electrons. The Morgan fingerprint density at radius 1 is 1.23 bits per heavy atom. The summed E-state index contributed by atoms with van der Waals surface area (Å²) in [5.41, 5.74) is 0. The van der Waals surface area contributed by atoms with Crippen molar-refractivity contribution < 1.29 is 9.53 Å². The van der Waals surface area contributed by atoms with Crippen LogP contribution in [0, 0.1) is 0 Å². The van der Waals surface area contributed by atoms with E-state index in [9.17, 15) is 4.79 Å². The molecule has 0 aliphatic carbocycles. The van der Waals surface area contributed by atoms with Gasteiger partial charge >= 0.3 is 0 Å². The molecule has 3 rings (SSSR count). The Balaban J connectivity index is 1.58. The van der Waals surface area contributed by atoms with E-state index < -0.39 is 0 Å². The van der Waals surface area contributed by atoms with Crippen molar-refractivity contribution in [2.45, 2.75) is 26.1 Å². The molecule has 1 aromatic rings. The Morgan fingerprint density at radius 3 is 2.65 bits per heavy atom. The van der Waals surface area contributed by atoms with E-state index in [1.165, 1.54) is 0 Å². The minimum atomic E-state index is 0.125. The third-order valence-electron chi connectivity index (χ3n) is 5.06. The number of aromatic nitrogens is 2. The van der Waals surface area contributed by atoms with Crippen molar-refractivity contribution in [1.29, 1.82) is 0 Å². The van der Waals surface area contributed by atoms with Gasteiger partial charge in [0.15, 0.2) is 0 Å². The summed E-state index contributed by atoms with van der Waals surface area (Å²) in [5.74, 6) is 1.83. The number of ether oxygens (including phenoxy) is 1. The number of amides is 1. The number of carbonyl (C=O) groups excluding carboxylic acids is 1. The Hall–Kier alpha value is -1.93. The van der Waals surface area contributed by atoms with E-state index >= 15 is 0 Å². The van der Waals surface area contributed by atoms with Crippen molar-refractivity contribution in [3.8, 4) is 0 Å². The fourth-order valence-electron chi connectivity index (χ4n) is 3.55. The van der Waals surface area contributed by atoms with E-state index in [4.69, 9.17) is 4.74 Å². The average Bonchev–Trinajstić information content (AvgIpc) is 2.61. The number of anilines is 2. The molecule has 8 heteroatoms. The SMILES string of the molecule is C[C@@H]1CN(CCN(C)c2cc(N3CCN(C)C(=O)C3)ncn2)C[C@H](C)O1. The highest BCUT2D eigenvalue weighted by Gasteiger charge is 2.24. The van der Waals surface area contributed by atoms with Gasteiger partial charge in [0.1, 0.15) is 18.0 Å². The lowest BCUT2D eigenvalue weighted by Crippen LogP contribution is -2.49. The number of hydrogen-bond acceptors (Lipinski definition) is 7. The first-order valence-corrected chi connectivity index (χ1v) is 9.32. The van der Waals surface area contributed by atoms with Crippen LogP contribution < -0.4 is 9.80 Å². The number of nitrogens with zero attached hydrogens (tertiary/aromatic N) is 6. The van der Waals surface area contributed by atoms with Gasteiger partial charge in [0.05, 0.1) is 18.8 Å². The zero-order valence-corrected chi connectivity index (χ0v) is 16.3. The standard InChI is InChI=1S/C18H30N6O2/c1-14-10-23(11-15(2)26-14)7-5-21(3)16-9-17(20-13-19-16)24-8-6-22(4)18(25)12-24/h9,13-15H,5-8,10-12H2,1-4H3/t14-,15+. The molecule has 0 saturated carbocycles. The van der Waals surface area contributed by atoms with Crippen molar-refractivity contribution in [3.05, 3.63) is 12.4 Å². The molecule has 3 heterocycles. The molecule has 8 nitrogen and oxygen atoms in total. The normalized spacial score (nSPS) is 24.8. The van der Waals surface area contributed by atoms with Crippen molar-refractivity contribution in [2.75, 3.05) is 69.7 Å². The Labute approximate surface area is 155 Å². The van der Waals surface area contributed by atoms with Gasteiger partial charge in [-0.15, -0.1) is 0 Å². The maximum Gasteiger partial charge on any atom is 0.241 e. The minimum Gasteiger partial charge on any atom is -0.373 e. The van der Waals surface area contributed by atoms with Crippen LogP contribution >= 0.6 is 0 Å². The molecule has 0 spiro atoms. The second kappa shape index (κ2) is 8.18. The lowest BCUT2D eigenvalue weighted by molar-refractivity contribution is -0.129. The van der Waals surface area contributed by atoms with E-state index in [1.54, 1.807) is 11.2 Å². The van der Waals surface area contributed by atoms with Gasteiger partial charge in [-0.1, -0.05) is 0 Å². The molecule has 0 bridgehead atoms. The van der Waals surface area contributed by atoms with Crippen LogP contribution in [0.2, 0.25) is 0 Å². The molecule has 0 unspecified atom stereocenters. The first kappa shape index (κ1) is 18.8. The highest BCUT2D eigenvalue weighted by molar-refractivity contribution is 5.82. The molecule has 2 fully saturated rings. The molecule has 2 aliphatic heterocycles. The van der Waals surface area contributed by atoms with Crippen LogP contribution in [0.1, 0.15) is 13.8 Å². The van der Waals surface area contributed by atoms with Gasteiger partial charge in [0.2, 0.25) is 5.91 Å². The van der Waals surface area contributed by atoms with Gasteiger partial charge in [-0.2, -0.15) is 0 Å². The summed E-state index contributed by atoms with van der Waals surface area (Å²) in [6.07, 6.45) is 2.15. The summed E-state index contributed by atoms with van der Waals surface area (Å²) in [7, 11) is 3.89. The molecule has 1 amide bonds. The fourth-order valence-corrected chi connectivity index (χ4v) is 3.55. The number of morpholine rings is 1. The number of piperazine rings is 1. The molecule has 0 aromatic carbocycles. The molecule has 2 atom stereocenters. The predicted molar refractivity (Wildman–Crippen MR) is 102 cm³/mol. The predicted octanol–water partition coefficient (Wildman–Crippen LogP) is 0.300. The number of likely N-dealkylation sites (N-methyl/N-ethyl adjacent to an activating group) is 2. The van der Waals surface area contributed by atoms with Crippen LogP contribution in [0.3, 0.4) is 0 Å². The van der Waals surface area contributed by atoms with Crippen LogP contribution in [0.15, 0.2) is 12.4 Å². The molecule has 1 aromatic heterocycles. The first-order chi connectivity index (χ1) is 12.4. The highest BCUT2D eigenvalue weighted by atomic mass is 16.5. The summed E-state index contributed by atoms with van der Waals surface area (Å²) < 4.78 is 5.79. The second-order valence-corrected chi connectivity index (χ2v) is 7.41. The van der Waals surface area contributed by atoms with Gasteiger partial charge in [-0.05, 0) is 13.8 Å². The summed E-state index contributed by atoms with van der Waals surface area (Å²) in [4.78, 5) is 29.1. The van der Waals surface area contributed by atoms with Crippen LogP contribution in [-0.2, 0) is 9.53 Å². The zero-order chi connectivity index (χ0) is 18.7. The van der Waals surface area contributed by atoms with E-state index in [-0.39, 0.29) is 18.1 Å². The topological polar surface area (TPSA) is 65.0 Å². The third-order valence-corrected chi connectivity index (χ3v) is 5.06. The molecule has 26 heavy (non-hydrogen) atoms. The number of rotatable bonds is 5. The molecule has 2 aliphatic rings. The average molecular weight is 362 g/mol. The Kier molecular flexibility index (Phi) is 5.93. The highest BCUT2D eigenvalue weighted by Crippen LogP contribution is 2.18. The smallest absolute Gasteiger partial charge is 0.241 e. The minimum absolute atomic E-state index is 0.125. The van der Waals surface area contributed by atoms with Crippen molar-refractivity contribution in [2.24, 2.45) is 0 Å². The number of hydrogen-bond donors (Lipinski definition) is 0. The maximum absolute atomic E-state index is 11.9. The van der Waals surface area contributed by atoms with Gasteiger partial charge in [-0.3, -0.25) is 9.69 Å². The van der Waals surface area contributed by atoms with Crippen LogP contribution in [0.4, 0.5) is 11.6 Å². The second-order valence-electron chi connectivity index (χ2n) is 7.41. The largest absolute Gasteiger partial charge is 0.373 e. The lowest BCUT2D eigenvalue weighted by Gasteiger charge is -2.36.